The zero-order chi connectivity index (χ0) is 23.5. The van der Waals surface area contributed by atoms with Crippen LogP contribution in [0.3, 0.4) is 0 Å². The zero-order valence-corrected chi connectivity index (χ0v) is 20.1. The molecule has 0 bridgehead atoms. The Kier molecular flexibility index (Phi) is 6.70. The quantitative estimate of drug-likeness (QED) is 0.622. The number of methoxy groups -OCH3 is 3. The van der Waals surface area contributed by atoms with E-state index in [0.717, 1.165) is 22.7 Å². The fraction of sp³-hybridized carbons (Fsp3) is 0.360. The maximum absolute atomic E-state index is 13.3. The third kappa shape index (κ3) is 4.09. The summed E-state index contributed by atoms with van der Waals surface area (Å²) in [5.74, 6) is 1.86. The minimum atomic E-state index is -0.412. The van der Waals surface area contributed by atoms with Gasteiger partial charge in [-0.3, -0.25) is 9.69 Å². The van der Waals surface area contributed by atoms with E-state index in [4.69, 9.17) is 14.2 Å². The molecule has 0 aliphatic carbocycles. The molecule has 1 amide bonds. The van der Waals surface area contributed by atoms with Gasteiger partial charge in [-0.2, -0.15) is 5.26 Å². The molecular weight excluding hydrogens is 438 g/mol. The van der Waals surface area contributed by atoms with Crippen LogP contribution < -0.4 is 19.1 Å². The van der Waals surface area contributed by atoms with Gasteiger partial charge in [-0.25, -0.2) is 0 Å². The maximum atomic E-state index is 13.3. The highest BCUT2D eigenvalue weighted by molar-refractivity contribution is 8.03. The molecule has 2 aromatic rings. The van der Waals surface area contributed by atoms with Gasteiger partial charge in [-0.15, -0.1) is 0 Å². The van der Waals surface area contributed by atoms with Crippen LogP contribution in [-0.4, -0.2) is 44.7 Å². The van der Waals surface area contributed by atoms with Crippen molar-refractivity contribution < 1.29 is 19.0 Å². The van der Waals surface area contributed by atoms with E-state index in [9.17, 15) is 10.1 Å². The van der Waals surface area contributed by atoms with Crippen LogP contribution >= 0.6 is 11.8 Å². The molecule has 0 radical (unpaired) electrons. The van der Waals surface area contributed by atoms with Crippen molar-refractivity contribution in [2.45, 2.75) is 25.7 Å². The van der Waals surface area contributed by atoms with Gasteiger partial charge >= 0.3 is 0 Å². The first-order chi connectivity index (χ1) is 16.1. The van der Waals surface area contributed by atoms with Crippen molar-refractivity contribution in [3.05, 3.63) is 58.1 Å². The molecule has 2 aliphatic rings. The number of aryl methyl sites for hydroxylation is 1. The van der Waals surface area contributed by atoms with Gasteiger partial charge < -0.3 is 19.1 Å². The number of para-hydroxylation sites is 1. The molecule has 2 heterocycles. The predicted molar refractivity (Wildman–Crippen MR) is 129 cm³/mol. The second-order valence-electron chi connectivity index (χ2n) is 7.80. The summed E-state index contributed by atoms with van der Waals surface area (Å²) in [5, 5.41) is 10.9. The molecule has 33 heavy (non-hydrogen) atoms. The summed E-state index contributed by atoms with van der Waals surface area (Å²) in [4.78, 5) is 17.3. The van der Waals surface area contributed by atoms with Crippen molar-refractivity contribution >= 4 is 23.4 Å². The third-order valence-corrected chi connectivity index (χ3v) is 7.27. The monoisotopic (exact) mass is 465 g/mol. The standard InChI is InChI=1S/C25H27N3O4S/c1-5-16-8-6-7-9-20(16)27-14-28-24(29)11-17(19(13-26)25(28)33-15-27)18-10-22(31-3)23(32-4)12-21(18)30-2/h6-10,12,17H,5,11,14-15H2,1-4H3/t17-/m1/s1. The molecule has 2 aromatic carbocycles. The van der Waals surface area contributed by atoms with E-state index < -0.39 is 5.92 Å². The highest BCUT2D eigenvalue weighted by Gasteiger charge is 2.40. The van der Waals surface area contributed by atoms with Crippen LogP contribution in [0.1, 0.15) is 30.4 Å². The molecule has 0 aromatic heterocycles. The van der Waals surface area contributed by atoms with E-state index in [1.165, 1.54) is 17.3 Å². The predicted octanol–water partition coefficient (Wildman–Crippen LogP) is 4.49. The SMILES string of the molecule is CCc1ccccc1N1CSC2=C(C#N)[C@@H](c3cc(OC)c(OC)cc3OC)CC(=O)N2C1. The van der Waals surface area contributed by atoms with Gasteiger partial charge in [0.25, 0.3) is 0 Å². The van der Waals surface area contributed by atoms with Crippen LogP contribution in [0.5, 0.6) is 17.2 Å². The summed E-state index contributed by atoms with van der Waals surface area (Å²) in [6.45, 7) is 2.56. The van der Waals surface area contributed by atoms with E-state index in [-0.39, 0.29) is 12.3 Å². The molecule has 1 atom stereocenters. The Balaban J connectivity index is 1.73. The third-order valence-electron chi connectivity index (χ3n) is 6.12. The molecule has 8 heteroatoms. The van der Waals surface area contributed by atoms with E-state index in [0.29, 0.717) is 35.4 Å². The second-order valence-corrected chi connectivity index (χ2v) is 8.73. The molecule has 172 valence electrons. The number of allylic oxidation sites excluding steroid dienone is 1. The van der Waals surface area contributed by atoms with Crippen molar-refractivity contribution in [1.82, 2.24) is 4.90 Å². The van der Waals surface area contributed by atoms with Gasteiger partial charge in [0, 0.05) is 29.7 Å². The van der Waals surface area contributed by atoms with Gasteiger partial charge in [0.05, 0.1) is 50.5 Å². The molecule has 7 nitrogen and oxygen atoms in total. The number of anilines is 1. The lowest BCUT2D eigenvalue weighted by atomic mass is 9.85. The molecule has 1 saturated heterocycles. The highest BCUT2D eigenvalue weighted by Crippen LogP contribution is 2.47. The number of amides is 1. The van der Waals surface area contributed by atoms with E-state index in [1.54, 1.807) is 38.4 Å². The minimum absolute atomic E-state index is 0.0167. The molecular formula is C25H27N3O4S. The van der Waals surface area contributed by atoms with E-state index in [1.807, 2.05) is 12.1 Å². The molecule has 0 unspecified atom stereocenters. The zero-order valence-electron chi connectivity index (χ0n) is 19.3. The molecule has 0 spiro atoms. The number of ether oxygens (including phenoxy) is 3. The van der Waals surface area contributed by atoms with E-state index >= 15 is 0 Å². The van der Waals surface area contributed by atoms with Gasteiger partial charge in [0.1, 0.15) is 5.75 Å². The van der Waals surface area contributed by atoms with E-state index in [2.05, 4.69) is 30.0 Å². The largest absolute Gasteiger partial charge is 0.496 e. The number of fused-ring (bicyclic) bond motifs is 1. The average Bonchev–Trinajstić information content (AvgIpc) is 2.87. The molecule has 0 saturated carbocycles. The van der Waals surface area contributed by atoms with Crippen molar-refractivity contribution in [3.8, 4) is 23.3 Å². The topological polar surface area (TPSA) is 75.0 Å². The lowest BCUT2D eigenvalue weighted by molar-refractivity contribution is -0.129. The Hall–Kier alpha value is -3.31. The Bertz CT molecular complexity index is 1140. The number of carbonyl (C=O) groups excluding carboxylic acids is 1. The normalized spacial score (nSPS) is 18.0. The first-order valence-electron chi connectivity index (χ1n) is 10.8. The van der Waals surface area contributed by atoms with Crippen molar-refractivity contribution in [1.29, 1.82) is 5.26 Å². The number of hydrogen-bond donors (Lipinski definition) is 0. The highest BCUT2D eigenvalue weighted by atomic mass is 32.2. The van der Waals surface area contributed by atoms with Gasteiger partial charge in [0.15, 0.2) is 11.5 Å². The minimum Gasteiger partial charge on any atom is -0.496 e. The summed E-state index contributed by atoms with van der Waals surface area (Å²) in [6, 6.07) is 14.2. The summed E-state index contributed by atoms with van der Waals surface area (Å²) < 4.78 is 16.5. The Morgan fingerprint density at radius 3 is 2.45 bits per heavy atom. The van der Waals surface area contributed by atoms with Crippen LogP contribution in [0.4, 0.5) is 5.69 Å². The summed E-state index contributed by atoms with van der Waals surface area (Å²) in [7, 11) is 4.69. The number of benzene rings is 2. The molecule has 1 fully saturated rings. The van der Waals surface area contributed by atoms with Crippen molar-refractivity contribution in [2.24, 2.45) is 0 Å². The average molecular weight is 466 g/mol. The number of thioether (sulfide) groups is 1. The summed E-state index contributed by atoms with van der Waals surface area (Å²) in [5.41, 5.74) is 3.69. The lowest BCUT2D eigenvalue weighted by Crippen LogP contribution is -2.47. The fourth-order valence-corrected chi connectivity index (χ4v) is 5.58. The number of hydrogen-bond acceptors (Lipinski definition) is 7. The summed E-state index contributed by atoms with van der Waals surface area (Å²) in [6.07, 6.45) is 1.10. The van der Waals surface area contributed by atoms with Crippen LogP contribution in [0.2, 0.25) is 0 Å². The second kappa shape index (κ2) is 9.67. The fourth-order valence-electron chi connectivity index (χ4n) is 4.42. The van der Waals surface area contributed by atoms with Crippen LogP contribution in [-0.2, 0) is 11.2 Å². The summed E-state index contributed by atoms with van der Waals surface area (Å²) >= 11 is 1.53. The maximum Gasteiger partial charge on any atom is 0.229 e. The Morgan fingerprint density at radius 2 is 1.79 bits per heavy atom. The first-order valence-corrected chi connectivity index (χ1v) is 11.7. The molecule has 2 aliphatic heterocycles. The van der Waals surface area contributed by atoms with Crippen molar-refractivity contribution in [2.75, 3.05) is 38.8 Å². The molecule has 0 N–H and O–H groups in total. The first kappa shape index (κ1) is 22.9. The Morgan fingerprint density at radius 1 is 1.09 bits per heavy atom. The lowest BCUT2D eigenvalue weighted by Gasteiger charge is -2.42. The van der Waals surface area contributed by atoms with Crippen molar-refractivity contribution in [3.63, 3.8) is 0 Å². The van der Waals surface area contributed by atoms with Gasteiger partial charge in [-0.05, 0) is 24.1 Å². The van der Waals surface area contributed by atoms with Gasteiger partial charge in [-0.1, -0.05) is 36.9 Å². The number of nitrogens with zero attached hydrogens (tertiary/aromatic N) is 3. The Labute approximate surface area is 198 Å². The van der Waals surface area contributed by atoms with Crippen LogP contribution in [0.25, 0.3) is 0 Å². The molecule has 4 rings (SSSR count). The van der Waals surface area contributed by atoms with Gasteiger partial charge in [0.2, 0.25) is 5.91 Å². The number of carbonyl (C=O) groups is 1. The number of rotatable bonds is 6. The smallest absolute Gasteiger partial charge is 0.229 e. The van der Waals surface area contributed by atoms with Crippen LogP contribution in [0.15, 0.2) is 47.0 Å². The number of nitriles is 1. The van der Waals surface area contributed by atoms with Crippen LogP contribution in [0, 0.1) is 11.3 Å².